The van der Waals surface area contributed by atoms with E-state index in [0.717, 1.165) is 63.0 Å². The third-order valence-electron chi connectivity index (χ3n) is 3.79. The lowest BCUT2D eigenvalue weighted by atomic mass is 10.1. The fourth-order valence-electron chi connectivity index (χ4n) is 2.62. The van der Waals surface area contributed by atoms with Crippen molar-refractivity contribution in [2.45, 2.75) is 54.4 Å². The largest absolute Gasteiger partial charge is 0.240 e. The van der Waals surface area contributed by atoms with Crippen LogP contribution in [0, 0.1) is 5.82 Å². The normalized spacial score (nSPS) is 18.1. The molecular weight excluding hydrogens is 329 g/mol. The Labute approximate surface area is 130 Å². The molecule has 0 unspecified atom stereocenters. The van der Waals surface area contributed by atoms with E-state index in [9.17, 15) is 21.2 Å². The van der Waals surface area contributed by atoms with Gasteiger partial charge in [-0.25, -0.2) is 25.9 Å². The Morgan fingerprint density at radius 3 is 2.18 bits per heavy atom. The van der Waals surface area contributed by atoms with Gasteiger partial charge in [0, 0.05) is 12.3 Å². The maximum atomic E-state index is 13.6. The minimum atomic E-state index is -3.86. The van der Waals surface area contributed by atoms with Crippen molar-refractivity contribution in [2.24, 2.45) is 0 Å². The van der Waals surface area contributed by atoms with E-state index in [1.54, 1.807) is 0 Å². The van der Waals surface area contributed by atoms with Crippen molar-refractivity contribution in [3.05, 3.63) is 24.0 Å². The average Bonchev–Trinajstić information content (AvgIpc) is 2.65. The van der Waals surface area contributed by atoms with Gasteiger partial charge in [0.1, 0.15) is 10.7 Å². The summed E-state index contributed by atoms with van der Waals surface area (Å²) in [4.78, 5) is -0.824. The van der Waals surface area contributed by atoms with Gasteiger partial charge in [-0.2, -0.15) is 0 Å². The Kier molecular flexibility index (Phi) is 5.24. The van der Waals surface area contributed by atoms with Gasteiger partial charge in [0.2, 0.25) is 10.0 Å². The zero-order valence-electron chi connectivity index (χ0n) is 12.4. The van der Waals surface area contributed by atoms with Gasteiger partial charge < -0.3 is 0 Å². The van der Waals surface area contributed by atoms with Crippen LogP contribution in [-0.2, 0) is 19.9 Å². The number of hydrogen-bond donors (Lipinski definition) is 1. The van der Waals surface area contributed by atoms with Gasteiger partial charge in [-0.05, 0) is 31.0 Å². The van der Waals surface area contributed by atoms with Crippen LogP contribution in [0.4, 0.5) is 4.39 Å². The highest BCUT2D eigenvalue weighted by Crippen LogP contribution is 2.22. The maximum Gasteiger partial charge on any atom is 0.240 e. The zero-order valence-corrected chi connectivity index (χ0v) is 14.0. The van der Waals surface area contributed by atoms with Crippen molar-refractivity contribution >= 4 is 19.9 Å². The van der Waals surface area contributed by atoms with Crippen LogP contribution in [-0.4, -0.2) is 29.1 Å². The number of rotatable bonds is 4. The zero-order chi connectivity index (χ0) is 16.4. The first-order chi connectivity index (χ1) is 10.2. The van der Waals surface area contributed by atoms with Crippen molar-refractivity contribution in [1.29, 1.82) is 0 Å². The molecule has 1 aromatic carbocycles. The first kappa shape index (κ1) is 17.4. The second-order valence-electron chi connectivity index (χ2n) is 5.67. The van der Waals surface area contributed by atoms with E-state index < -0.39 is 30.6 Å². The summed E-state index contributed by atoms with van der Waals surface area (Å²) in [6.07, 6.45) is 6.48. The molecule has 8 heteroatoms. The predicted molar refractivity (Wildman–Crippen MR) is 81.3 cm³/mol. The van der Waals surface area contributed by atoms with Gasteiger partial charge in [0.25, 0.3) is 0 Å². The number of benzene rings is 1. The summed E-state index contributed by atoms with van der Waals surface area (Å²) in [5, 5.41) is 0. The van der Waals surface area contributed by atoms with Gasteiger partial charge in [0.15, 0.2) is 9.84 Å². The Morgan fingerprint density at radius 2 is 1.64 bits per heavy atom. The summed E-state index contributed by atoms with van der Waals surface area (Å²) < 4.78 is 64.0. The number of hydrogen-bond acceptors (Lipinski definition) is 4. The SMILES string of the molecule is CS(=O)(=O)c1cc(S(=O)(=O)NC2CCCCCC2)ccc1F. The standard InChI is InChI=1S/C14H20FNO4S2/c1-21(17,18)14-10-12(8-9-13(14)15)22(19,20)16-11-6-4-2-3-5-7-11/h8-11,16H,2-7H2,1H3. The molecule has 1 saturated carbocycles. The van der Waals surface area contributed by atoms with Crippen molar-refractivity contribution in [3.63, 3.8) is 0 Å². The number of sulfonamides is 1. The Hall–Kier alpha value is -0.990. The molecule has 124 valence electrons. The lowest BCUT2D eigenvalue weighted by molar-refractivity contribution is 0.509. The van der Waals surface area contributed by atoms with E-state index in [2.05, 4.69) is 4.72 Å². The van der Waals surface area contributed by atoms with Crippen LogP contribution in [0.1, 0.15) is 38.5 Å². The van der Waals surface area contributed by atoms with Crippen LogP contribution < -0.4 is 4.72 Å². The third kappa shape index (κ3) is 4.27. The third-order valence-corrected chi connectivity index (χ3v) is 6.42. The summed E-state index contributed by atoms with van der Waals surface area (Å²) in [7, 11) is -7.68. The lowest BCUT2D eigenvalue weighted by Gasteiger charge is -2.16. The Bertz CT molecular complexity index is 736. The average molecular weight is 349 g/mol. The van der Waals surface area contributed by atoms with Crippen LogP contribution in [0.5, 0.6) is 0 Å². The fourth-order valence-corrected chi connectivity index (χ4v) is 4.79. The van der Waals surface area contributed by atoms with Crippen LogP contribution in [0.25, 0.3) is 0 Å². The quantitative estimate of drug-likeness (QED) is 0.845. The summed E-state index contributed by atoms with van der Waals surface area (Å²) >= 11 is 0. The van der Waals surface area contributed by atoms with Crippen LogP contribution in [0.15, 0.2) is 28.0 Å². The van der Waals surface area contributed by atoms with E-state index in [1.165, 1.54) is 0 Å². The molecule has 0 heterocycles. The molecule has 1 aliphatic carbocycles. The molecule has 0 aromatic heterocycles. The minimum Gasteiger partial charge on any atom is -0.224 e. The van der Waals surface area contributed by atoms with Crippen molar-refractivity contribution in [1.82, 2.24) is 4.72 Å². The molecule has 1 N–H and O–H groups in total. The van der Waals surface area contributed by atoms with Gasteiger partial charge >= 0.3 is 0 Å². The molecule has 0 amide bonds. The summed E-state index contributed by atoms with van der Waals surface area (Å²) in [5.41, 5.74) is 0. The molecule has 0 spiro atoms. The van der Waals surface area contributed by atoms with Crippen LogP contribution in [0.3, 0.4) is 0 Å². The van der Waals surface area contributed by atoms with E-state index >= 15 is 0 Å². The smallest absolute Gasteiger partial charge is 0.224 e. The van der Waals surface area contributed by atoms with Crippen molar-refractivity contribution < 1.29 is 21.2 Å². The highest BCUT2D eigenvalue weighted by Gasteiger charge is 2.24. The van der Waals surface area contributed by atoms with Crippen LogP contribution in [0.2, 0.25) is 0 Å². The molecule has 1 aliphatic rings. The van der Waals surface area contributed by atoms with E-state index in [1.807, 2.05) is 0 Å². The Morgan fingerprint density at radius 1 is 1.05 bits per heavy atom. The van der Waals surface area contributed by atoms with E-state index in [-0.39, 0.29) is 10.9 Å². The molecule has 1 aromatic rings. The number of halogens is 1. The molecule has 0 saturated heterocycles. The molecule has 0 bridgehead atoms. The van der Waals surface area contributed by atoms with Gasteiger partial charge in [-0.15, -0.1) is 0 Å². The van der Waals surface area contributed by atoms with E-state index in [0.29, 0.717) is 0 Å². The predicted octanol–water partition coefficient (Wildman–Crippen LogP) is 2.23. The topological polar surface area (TPSA) is 80.3 Å². The molecule has 2 rings (SSSR count). The second-order valence-corrected chi connectivity index (χ2v) is 9.37. The highest BCUT2D eigenvalue weighted by atomic mass is 32.2. The first-order valence-corrected chi connectivity index (χ1v) is 10.6. The van der Waals surface area contributed by atoms with Crippen LogP contribution >= 0.6 is 0 Å². The number of sulfone groups is 1. The Balaban J connectivity index is 2.29. The van der Waals surface area contributed by atoms with Gasteiger partial charge in [-0.1, -0.05) is 25.7 Å². The molecular formula is C14H20FNO4S2. The molecule has 0 atom stereocenters. The van der Waals surface area contributed by atoms with Gasteiger partial charge in [0.05, 0.1) is 4.90 Å². The van der Waals surface area contributed by atoms with E-state index in [4.69, 9.17) is 0 Å². The maximum absolute atomic E-state index is 13.6. The molecule has 0 aliphatic heterocycles. The fraction of sp³-hybridized carbons (Fsp3) is 0.571. The van der Waals surface area contributed by atoms with Crippen molar-refractivity contribution in [3.8, 4) is 0 Å². The van der Waals surface area contributed by atoms with Gasteiger partial charge in [-0.3, -0.25) is 0 Å². The molecule has 1 fully saturated rings. The second kappa shape index (κ2) is 6.64. The van der Waals surface area contributed by atoms with Crippen molar-refractivity contribution in [2.75, 3.05) is 6.26 Å². The minimum absolute atomic E-state index is 0.153. The highest BCUT2D eigenvalue weighted by molar-refractivity contribution is 7.91. The summed E-state index contributed by atoms with van der Waals surface area (Å²) in [5.74, 6) is -0.948. The summed E-state index contributed by atoms with van der Waals surface area (Å²) in [6.45, 7) is 0. The monoisotopic (exact) mass is 349 g/mol. The molecule has 5 nitrogen and oxygen atoms in total. The number of nitrogens with one attached hydrogen (secondary N) is 1. The first-order valence-electron chi connectivity index (χ1n) is 7.22. The molecule has 0 radical (unpaired) electrons. The lowest BCUT2D eigenvalue weighted by Crippen LogP contribution is -2.34. The molecule has 22 heavy (non-hydrogen) atoms. The summed E-state index contributed by atoms with van der Waals surface area (Å²) in [6, 6.07) is 2.68.